The molecule has 0 fully saturated rings. The number of urea groups is 1. The van der Waals surface area contributed by atoms with Gasteiger partial charge in [0.15, 0.2) is 0 Å². The summed E-state index contributed by atoms with van der Waals surface area (Å²) < 4.78 is 0. The Morgan fingerprint density at radius 2 is 1.75 bits per heavy atom. The minimum absolute atomic E-state index is 0.0212. The Kier molecular flexibility index (Phi) is 7.28. The van der Waals surface area contributed by atoms with E-state index in [1.807, 2.05) is 7.05 Å². The highest BCUT2D eigenvalue weighted by atomic mass is 16.4. The quantitative estimate of drug-likeness (QED) is 0.607. The Morgan fingerprint density at radius 1 is 1.19 bits per heavy atom. The molecule has 0 aromatic carbocycles. The van der Waals surface area contributed by atoms with Gasteiger partial charge in [-0.15, -0.1) is 0 Å². The third-order valence-corrected chi connectivity index (χ3v) is 2.23. The highest BCUT2D eigenvalue weighted by Crippen LogP contribution is 1.96. The molecule has 0 aliphatic rings. The zero-order valence-corrected chi connectivity index (χ0v) is 10.2. The van der Waals surface area contributed by atoms with E-state index in [1.54, 1.807) is 19.0 Å². The van der Waals surface area contributed by atoms with Crippen molar-refractivity contribution in [3.8, 4) is 0 Å². The first-order valence-electron chi connectivity index (χ1n) is 5.31. The molecule has 0 aliphatic heterocycles. The molecule has 2 N–H and O–H groups in total. The third-order valence-electron chi connectivity index (χ3n) is 2.23. The molecular formula is C10H21N3O3. The summed E-state index contributed by atoms with van der Waals surface area (Å²) in [6.07, 6.45) is 0.859. The molecule has 0 saturated carbocycles. The Hall–Kier alpha value is -1.30. The Bertz CT molecular complexity index is 233. The maximum absolute atomic E-state index is 11.7. The van der Waals surface area contributed by atoms with Crippen LogP contribution >= 0.6 is 0 Å². The van der Waals surface area contributed by atoms with Gasteiger partial charge in [0.1, 0.15) is 0 Å². The van der Waals surface area contributed by atoms with Crippen molar-refractivity contribution in [3.63, 3.8) is 0 Å². The first-order chi connectivity index (χ1) is 7.49. The second-order valence-electron chi connectivity index (χ2n) is 3.73. The molecule has 6 nitrogen and oxygen atoms in total. The van der Waals surface area contributed by atoms with Gasteiger partial charge in [-0.3, -0.25) is 4.79 Å². The fourth-order valence-corrected chi connectivity index (χ4v) is 1.24. The molecule has 0 rings (SSSR count). The Balaban J connectivity index is 3.86. The lowest BCUT2D eigenvalue weighted by atomic mass is 10.4. The fraction of sp³-hybridized carbons (Fsp3) is 0.800. The fourth-order valence-electron chi connectivity index (χ4n) is 1.24. The third kappa shape index (κ3) is 6.23. The average molecular weight is 231 g/mol. The van der Waals surface area contributed by atoms with E-state index in [2.05, 4.69) is 5.32 Å². The van der Waals surface area contributed by atoms with E-state index in [9.17, 15) is 9.59 Å². The molecule has 0 bridgehead atoms. The summed E-state index contributed by atoms with van der Waals surface area (Å²) in [4.78, 5) is 25.1. The normalized spacial score (nSPS) is 9.94. The number of carbonyl (C=O) groups excluding carboxylic acids is 1. The summed E-state index contributed by atoms with van der Waals surface area (Å²) >= 11 is 0. The van der Waals surface area contributed by atoms with Crippen molar-refractivity contribution in [1.29, 1.82) is 0 Å². The molecule has 0 unspecified atom stereocenters. The van der Waals surface area contributed by atoms with Gasteiger partial charge in [-0.2, -0.15) is 0 Å². The predicted molar refractivity (Wildman–Crippen MR) is 61.5 cm³/mol. The van der Waals surface area contributed by atoms with Crippen LogP contribution in [0.2, 0.25) is 0 Å². The lowest BCUT2D eigenvalue weighted by Crippen LogP contribution is -2.40. The zero-order chi connectivity index (χ0) is 12.6. The summed E-state index contributed by atoms with van der Waals surface area (Å²) in [5.41, 5.74) is 0. The summed E-state index contributed by atoms with van der Waals surface area (Å²) in [7, 11) is 5.19. The van der Waals surface area contributed by atoms with Crippen molar-refractivity contribution < 1.29 is 14.7 Å². The molecule has 0 atom stereocenters. The molecule has 0 heterocycles. The van der Waals surface area contributed by atoms with Crippen molar-refractivity contribution in [2.24, 2.45) is 0 Å². The van der Waals surface area contributed by atoms with Crippen LogP contribution in [0.25, 0.3) is 0 Å². The van der Waals surface area contributed by atoms with Gasteiger partial charge in [-0.25, -0.2) is 4.79 Å². The Morgan fingerprint density at radius 3 is 2.25 bits per heavy atom. The standard InChI is InChI=1S/C10H21N3O3/c1-11-6-4-7-12(2)10(16)13(3)8-5-9(14)15/h11H,4-8H2,1-3H3,(H,14,15). The van der Waals surface area contributed by atoms with Crippen LogP contribution in [0.3, 0.4) is 0 Å². The van der Waals surface area contributed by atoms with Gasteiger partial charge in [0.05, 0.1) is 6.42 Å². The van der Waals surface area contributed by atoms with Gasteiger partial charge in [-0.05, 0) is 20.0 Å². The van der Waals surface area contributed by atoms with Crippen molar-refractivity contribution >= 4 is 12.0 Å². The molecule has 16 heavy (non-hydrogen) atoms. The van der Waals surface area contributed by atoms with Crippen LogP contribution in [-0.4, -0.2) is 67.7 Å². The number of amides is 2. The number of hydrogen-bond acceptors (Lipinski definition) is 3. The van der Waals surface area contributed by atoms with Crippen LogP contribution in [0, 0.1) is 0 Å². The summed E-state index contributed by atoms with van der Waals surface area (Å²) in [6, 6.07) is -0.141. The SMILES string of the molecule is CNCCCN(C)C(=O)N(C)CCC(=O)O. The summed E-state index contributed by atoms with van der Waals surface area (Å²) in [5.74, 6) is -0.891. The largest absolute Gasteiger partial charge is 0.481 e. The van der Waals surface area contributed by atoms with Gasteiger partial charge in [0.2, 0.25) is 0 Å². The lowest BCUT2D eigenvalue weighted by molar-refractivity contribution is -0.137. The van der Waals surface area contributed by atoms with Crippen LogP contribution in [0.15, 0.2) is 0 Å². The monoisotopic (exact) mass is 231 g/mol. The maximum atomic E-state index is 11.7. The van der Waals surface area contributed by atoms with E-state index in [0.29, 0.717) is 6.54 Å². The molecule has 0 saturated heterocycles. The molecule has 94 valence electrons. The van der Waals surface area contributed by atoms with Crippen LogP contribution in [0.4, 0.5) is 4.79 Å². The molecule has 6 heteroatoms. The van der Waals surface area contributed by atoms with Gasteiger partial charge in [0, 0.05) is 27.2 Å². The maximum Gasteiger partial charge on any atom is 0.319 e. The lowest BCUT2D eigenvalue weighted by Gasteiger charge is -2.24. The van der Waals surface area contributed by atoms with Gasteiger partial charge in [-0.1, -0.05) is 0 Å². The number of aliphatic carboxylic acids is 1. The number of carbonyl (C=O) groups is 2. The molecule has 0 aromatic heterocycles. The number of carboxylic acids is 1. The van der Waals surface area contributed by atoms with E-state index in [0.717, 1.165) is 13.0 Å². The van der Waals surface area contributed by atoms with Crippen LogP contribution in [0.5, 0.6) is 0 Å². The zero-order valence-electron chi connectivity index (χ0n) is 10.2. The van der Waals surface area contributed by atoms with E-state index in [-0.39, 0.29) is 19.0 Å². The molecule has 0 radical (unpaired) electrons. The van der Waals surface area contributed by atoms with Crippen molar-refractivity contribution in [2.75, 3.05) is 40.8 Å². The number of nitrogens with zero attached hydrogens (tertiary/aromatic N) is 2. The van der Waals surface area contributed by atoms with Gasteiger partial charge < -0.3 is 20.2 Å². The van der Waals surface area contributed by atoms with Crippen LogP contribution < -0.4 is 5.32 Å². The smallest absolute Gasteiger partial charge is 0.319 e. The topological polar surface area (TPSA) is 72.9 Å². The van der Waals surface area contributed by atoms with Crippen LogP contribution in [0.1, 0.15) is 12.8 Å². The van der Waals surface area contributed by atoms with E-state index in [4.69, 9.17) is 5.11 Å². The number of carboxylic acid groups (broad SMARTS) is 1. The molecular weight excluding hydrogens is 210 g/mol. The first-order valence-corrected chi connectivity index (χ1v) is 5.31. The number of rotatable bonds is 7. The van der Waals surface area contributed by atoms with Crippen LogP contribution in [-0.2, 0) is 4.79 Å². The van der Waals surface area contributed by atoms with Gasteiger partial charge >= 0.3 is 12.0 Å². The number of hydrogen-bond donors (Lipinski definition) is 2. The second-order valence-corrected chi connectivity index (χ2v) is 3.73. The first kappa shape index (κ1) is 14.7. The number of nitrogens with one attached hydrogen (secondary N) is 1. The minimum atomic E-state index is -0.891. The molecule has 2 amide bonds. The molecule has 0 aromatic rings. The summed E-state index contributed by atoms with van der Waals surface area (Å²) in [6.45, 7) is 1.76. The average Bonchev–Trinajstić information content (AvgIpc) is 2.24. The van der Waals surface area contributed by atoms with E-state index >= 15 is 0 Å². The van der Waals surface area contributed by atoms with Gasteiger partial charge in [0.25, 0.3) is 0 Å². The Labute approximate surface area is 96.2 Å². The van der Waals surface area contributed by atoms with Crippen molar-refractivity contribution in [3.05, 3.63) is 0 Å². The molecule has 0 spiro atoms. The van der Waals surface area contributed by atoms with Crippen molar-refractivity contribution in [1.82, 2.24) is 15.1 Å². The predicted octanol–water partition coefficient (Wildman–Crippen LogP) is 0.0542. The van der Waals surface area contributed by atoms with E-state index < -0.39 is 5.97 Å². The second kappa shape index (κ2) is 7.92. The van der Waals surface area contributed by atoms with E-state index in [1.165, 1.54) is 4.90 Å². The van der Waals surface area contributed by atoms with Crippen molar-refractivity contribution in [2.45, 2.75) is 12.8 Å². The highest BCUT2D eigenvalue weighted by Gasteiger charge is 2.14. The highest BCUT2D eigenvalue weighted by molar-refractivity contribution is 5.74. The minimum Gasteiger partial charge on any atom is -0.481 e. The molecule has 0 aliphatic carbocycles. The summed E-state index contributed by atoms with van der Waals surface area (Å²) in [5, 5.41) is 11.5.